The van der Waals surface area contributed by atoms with Gasteiger partial charge in [-0.3, -0.25) is 4.98 Å². The van der Waals surface area contributed by atoms with E-state index in [0.29, 0.717) is 0 Å². The maximum absolute atomic E-state index is 9.28. The minimum absolute atomic E-state index is 0.0947. The van der Waals surface area contributed by atoms with Gasteiger partial charge in [0.15, 0.2) is 0 Å². The van der Waals surface area contributed by atoms with Crippen molar-refractivity contribution in [3.05, 3.63) is 54.4 Å². The fourth-order valence-corrected chi connectivity index (χ4v) is 3.19. The Morgan fingerprint density at radius 3 is 2.78 bits per heavy atom. The zero-order valence-electron chi connectivity index (χ0n) is 13.4. The Labute approximate surface area is 137 Å². The summed E-state index contributed by atoms with van der Waals surface area (Å²) in [5.41, 5.74) is 3.75. The summed E-state index contributed by atoms with van der Waals surface area (Å²) in [5.74, 6) is 0. The van der Waals surface area contributed by atoms with Crippen molar-refractivity contribution in [2.24, 2.45) is 5.41 Å². The molecule has 0 amide bonds. The lowest BCUT2D eigenvalue weighted by molar-refractivity contribution is 0.124. The lowest BCUT2D eigenvalue weighted by Crippen LogP contribution is -2.35. The van der Waals surface area contributed by atoms with Crippen LogP contribution in [-0.4, -0.2) is 36.5 Å². The van der Waals surface area contributed by atoms with Crippen LogP contribution in [0.4, 0.5) is 0 Å². The Balaban J connectivity index is 1.60. The monoisotopic (exact) mass is 312 g/mol. The van der Waals surface area contributed by atoms with Gasteiger partial charge in [0.25, 0.3) is 0 Å². The molecule has 1 atom stereocenters. The first-order chi connectivity index (χ1) is 11.3. The standard InChI is InChI=1S/C19H24N2O2/c22-10-6-19(7-11-23-15-19)14-21-13-16-2-1-3-18(12-16)17-4-8-20-9-5-17/h1-5,8-9,12,21-22H,6-7,10-11,13-15H2. The summed E-state index contributed by atoms with van der Waals surface area (Å²) in [5, 5.41) is 12.8. The molecule has 4 heteroatoms. The molecule has 0 bridgehead atoms. The second-order valence-corrected chi connectivity index (χ2v) is 6.32. The zero-order chi connectivity index (χ0) is 16.0. The minimum Gasteiger partial charge on any atom is -0.396 e. The van der Waals surface area contributed by atoms with Crippen molar-refractivity contribution in [1.82, 2.24) is 10.3 Å². The summed E-state index contributed by atoms with van der Waals surface area (Å²) in [6.45, 7) is 3.48. The summed E-state index contributed by atoms with van der Waals surface area (Å²) >= 11 is 0. The third-order valence-corrected chi connectivity index (χ3v) is 4.60. The Hall–Kier alpha value is -1.75. The molecule has 23 heavy (non-hydrogen) atoms. The molecule has 122 valence electrons. The van der Waals surface area contributed by atoms with Gasteiger partial charge in [-0.15, -0.1) is 0 Å². The Bertz CT molecular complexity index is 610. The van der Waals surface area contributed by atoms with Gasteiger partial charge < -0.3 is 15.2 Å². The van der Waals surface area contributed by atoms with E-state index in [1.54, 1.807) is 0 Å². The number of aliphatic hydroxyl groups is 1. The fraction of sp³-hybridized carbons (Fsp3) is 0.421. The topological polar surface area (TPSA) is 54.4 Å². The average molecular weight is 312 g/mol. The van der Waals surface area contributed by atoms with Gasteiger partial charge in [0.05, 0.1) is 6.61 Å². The third-order valence-electron chi connectivity index (χ3n) is 4.60. The normalized spacial score (nSPS) is 20.7. The van der Waals surface area contributed by atoms with E-state index in [0.717, 1.165) is 39.1 Å². The third kappa shape index (κ3) is 4.16. The van der Waals surface area contributed by atoms with Crippen molar-refractivity contribution in [3.8, 4) is 11.1 Å². The number of ether oxygens (including phenoxy) is 1. The van der Waals surface area contributed by atoms with Crippen LogP contribution in [0, 0.1) is 5.41 Å². The molecule has 4 nitrogen and oxygen atoms in total. The van der Waals surface area contributed by atoms with Gasteiger partial charge in [0.1, 0.15) is 0 Å². The highest BCUT2D eigenvalue weighted by Gasteiger charge is 2.33. The van der Waals surface area contributed by atoms with Gasteiger partial charge in [-0.1, -0.05) is 18.2 Å². The van der Waals surface area contributed by atoms with Crippen LogP contribution in [0.1, 0.15) is 18.4 Å². The van der Waals surface area contributed by atoms with E-state index < -0.39 is 0 Å². The van der Waals surface area contributed by atoms with Crippen molar-refractivity contribution < 1.29 is 9.84 Å². The smallest absolute Gasteiger partial charge is 0.0536 e. The predicted molar refractivity (Wildman–Crippen MR) is 91.0 cm³/mol. The molecule has 1 saturated heterocycles. The van der Waals surface area contributed by atoms with Crippen LogP contribution >= 0.6 is 0 Å². The molecule has 1 aliphatic rings. The van der Waals surface area contributed by atoms with Crippen molar-refractivity contribution in [2.45, 2.75) is 19.4 Å². The number of aromatic nitrogens is 1. The minimum atomic E-state index is 0.0947. The number of hydrogen-bond donors (Lipinski definition) is 2. The molecule has 0 saturated carbocycles. The fourth-order valence-electron chi connectivity index (χ4n) is 3.19. The lowest BCUT2D eigenvalue weighted by Gasteiger charge is -2.27. The first-order valence-electron chi connectivity index (χ1n) is 8.20. The average Bonchev–Trinajstić information content (AvgIpc) is 3.05. The van der Waals surface area contributed by atoms with E-state index in [4.69, 9.17) is 4.74 Å². The molecule has 2 heterocycles. The Kier molecular flexibility index (Phi) is 5.39. The van der Waals surface area contributed by atoms with Crippen LogP contribution in [0.15, 0.2) is 48.8 Å². The number of nitrogens with zero attached hydrogens (tertiary/aromatic N) is 1. The molecular weight excluding hydrogens is 288 g/mol. The summed E-state index contributed by atoms with van der Waals surface area (Å²) < 4.78 is 5.54. The van der Waals surface area contributed by atoms with Crippen molar-refractivity contribution in [3.63, 3.8) is 0 Å². The van der Waals surface area contributed by atoms with Gasteiger partial charge in [-0.05, 0) is 47.7 Å². The van der Waals surface area contributed by atoms with Gasteiger partial charge in [0, 0.05) is 44.1 Å². The van der Waals surface area contributed by atoms with E-state index in [-0.39, 0.29) is 12.0 Å². The van der Waals surface area contributed by atoms with Crippen LogP contribution < -0.4 is 5.32 Å². The van der Waals surface area contributed by atoms with Crippen molar-refractivity contribution >= 4 is 0 Å². The van der Waals surface area contributed by atoms with E-state index in [2.05, 4.69) is 34.6 Å². The molecular formula is C19H24N2O2. The Morgan fingerprint density at radius 2 is 2.04 bits per heavy atom. The number of pyridine rings is 1. The number of benzene rings is 1. The van der Waals surface area contributed by atoms with Crippen LogP contribution in [0.3, 0.4) is 0 Å². The largest absolute Gasteiger partial charge is 0.396 e. The van der Waals surface area contributed by atoms with Crippen molar-refractivity contribution in [1.29, 1.82) is 0 Å². The SMILES string of the molecule is OCCC1(CNCc2cccc(-c3ccncc3)c2)CCOC1. The first-order valence-corrected chi connectivity index (χ1v) is 8.20. The van der Waals surface area contributed by atoms with Gasteiger partial charge >= 0.3 is 0 Å². The maximum Gasteiger partial charge on any atom is 0.0536 e. The molecule has 2 N–H and O–H groups in total. The summed E-state index contributed by atoms with van der Waals surface area (Å²) in [6, 6.07) is 12.6. The van der Waals surface area contributed by atoms with E-state index in [1.807, 2.05) is 24.5 Å². The Morgan fingerprint density at radius 1 is 1.17 bits per heavy atom. The molecule has 0 radical (unpaired) electrons. The zero-order valence-corrected chi connectivity index (χ0v) is 13.4. The molecule has 1 aliphatic heterocycles. The molecule has 0 aliphatic carbocycles. The number of rotatable bonds is 7. The molecule has 1 unspecified atom stereocenters. The highest BCUT2D eigenvalue weighted by molar-refractivity contribution is 5.63. The van der Waals surface area contributed by atoms with E-state index in [1.165, 1.54) is 16.7 Å². The molecule has 0 spiro atoms. The molecule has 2 aromatic rings. The summed E-state index contributed by atoms with van der Waals surface area (Å²) in [7, 11) is 0. The second-order valence-electron chi connectivity index (χ2n) is 6.32. The highest BCUT2D eigenvalue weighted by atomic mass is 16.5. The summed E-state index contributed by atoms with van der Waals surface area (Å²) in [4.78, 5) is 4.07. The number of nitrogens with one attached hydrogen (secondary N) is 1. The van der Waals surface area contributed by atoms with Crippen molar-refractivity contribution in [2.75, 3.05) is 26.4 Å². The van der Waals surface area contributed by atoms with E-state index >= 15 is 0 Å². The summed E-state index contributed by atoms with van der Waals surface area (Å²) in [6.07, 6.45) is 5.46. The van der Waals surface area contributed by atoms with Gasteiger partial charge in [-0.2, -0.15) is 0 Å². The van der Waals surface area contributed by atoms with Crippen LogP contribution in [-0.2, 0) is 11.3 Å². The quantitative estimate of drug-likeness (QED) is 0.825. The van der Waals surface area contributed by atoms with Crippen LogP contribution in [0.5, 0.6) is 0 Å². The molecule has 1 fully saturated rings. The first kappa shape index (κ1) is 16.1. The highest BCUT2D eigenvalue weighted by Crippen LogP contribution is 2.31. The number of aliphatic hydroxyl groups excluding tert-OH is 1. The number of hydrogen-bond acceptors (Lipinski definition) is 4. The van der Waals surface area contributed by atoms with Crippen LogP contribution in [0.2, 0.25) is 0 Å². The molecule has 1 aromatic carbocycles. The van der Waals surface area contributed by atoms with Crippen LogP contribution in [0.25, 0.3) is 11.1 Å². The predicted octanol–water partition coefficient (Wildman–Crippen LogP) is 2.63. The van der Waals surface area contributed by atoms with E-state index in [9.17, 15) is 5.11 Å². The van der Waals surface area contributed by atoms with Gasteiger partial charge in [-0.25, -0.2) is 0 Å². The maximum atomic E-state index is 9.28. The molecule has 3 rings (SSSR count). The van der Waals surface area contributed by atoms with Gasteiger partial charge in [0.2, 0.25) is 0 Å². The lowest BCUT2D eigenvalue weighted by atomic mass is 9.84. The second kappa shape index (κ2) is 7.68. The molecule has 1 aromatic heterocycles.